The van der Waals surface area contributed by atoms with Gasteiger partial charge in [0.1, 0.15) is 0 Å². The van der Waals surface area contributed by atoms with Gasteiger partial charge in [0.25, 0.3) is 0 Å². The summed E-state index contributed by atoms with van der Waals surface area (Å²) in [5.74, 6) is -0.0588. The molecule has 8 heteroatoms. The van der Waals surface area contributed by atoms with Crippen LogP contribution in [0.2, 0.25) is 0 Å². The van der Waals surface area contributed by atoms with Gasteiger partial charge in [-0.25, -0.2) is 12.7 Å². The number of carbonyl (C=O) groups excluding carboxylic acids is 1. The molecule has 0 radical (unpaired) electrons. The fraction of sp³-hybridized carbons (Fsp3) is 0.643. The molecule has 1 aromatic heterocycles. The van der Waals surface area contributed by atoms with E-state index in [1.165, 1.54) is 0 Å². The maximum Gasteiger partial charge on any atom is 0.224 e. The molecule has 1 amide bonds. The second-order valence-corrected chi connectivity index (χ2v) is 8.13. The van der Waals surface area contributed by atoms with Gasteiger partial charge in [-0.3, -0.25) is 4.79 Å². The molecule has 0 unspecified atom stereocenters. The summed E-state index contributed by atoms with van der Waals surface area (Å²) in [5, 5.41) is 10.2. The molecule has 7 nitrogen and oxygen atoms in total. The summed E-state index contributed by atoms with van der Waals surface area (Å²) in [5.41, 5.74) is 0.821. The van der Waals surface area contributed by atoms with Gasteiger partial charge in [-0.1, -0.05) is 0 Å². The molecule has 0 atom stereocenters. The van der Waals surface area contributed by atoms with E-state index in [4.69, 9.17) is 0 Å². The molecule has 1 saturated heterocycles. The molecule has 2 heterocycles. The zero-order valence-electron chi connectivity index (χ0n) is 12.3. The second-order valence-electron chi connectivity index (χ2n) is 5.91. The van der Waals surface area contributed by atoms with Crippen LogP contribution in [0.3, 0.4) is 0 Å². The van der Waals surface area contributed by atoms with Crippen molar-refractivity contribution in [2.75, 3.05) is 13.1 Å². The standard InChI is InChI=1S/C14H20N4O3S/c19-14(9-11-3-6-15-16-10-11)17-12-4-7-18(8-5-12)22(20,21)13-1-2-13/h3,6,10,12-13H,1-2,4-5,7-9H2,(H,17,19). The summed E-state index contributed by atoms with van der Waals surface area (Å²) in [6.07, 6.45) is 6.33. The van der Waals surface area contributed by atoms with Crippen LogP contribution in [-0.4, -0.2) is 53.2 Å². The number of nitrogens with zero attached hydrogens (tertiary/aromatic N) is 3. The second kappa shape index (κ2) is 6.29. The van der Waals surface area contributed by atoms with Gasteiger partial charge >= 0.3 is 0 Å². The first-order valence-electron chi connectivity index (χ1n) is 7.59. The Morgan fingerprint density at radius 2 is 1.95 bits per heavy atom. The normalized spacial score (nSPS) is 20.7. The van der Waals surface area contributed by atoms with E-state index in [-0.39, 0.29) is 23.6 Å². The monoisotopic (exact) mass is 324 g/mol. The number of nitrogens with one attached hydrogen (secondary N) is 1. The van der Waals surface area contributed by atoms with Crippen molar-refractivity contribution in [1.82, 2.24) is 19.8 Å². The van der Waals surface area contributed by atoms with Crippen molar-refractivity contribution in [2.45, 2.75) is 43.4 Å². The Morgan fingerprint density at radius 1 is 1.23 bits per heavy atom. The predicted octanol–water partition coefficient (Wildman–Crippen LogP) is 0.0919. The number of hydrogen-bond acceptors (Lipinski definition) is 5. The van der Waals surface area contributed by atoms with Crippen LogP contribution >= 0.6 is 0 Å². The quantitative estimate of drug-likeness (QED) is 0.829. The van der Waals surface area contributed by atoms with Gasteiger partial charge in [0.2, 0.25) is 15.9 Å². The first-order valence-corrected chi connectivity index (χ1v) is 9.10. The first kappa shape index (κ1) is 15.4. The zero-order chi connectivity index (χ0) is 15.6. The van der Waals surface area contributed by atoms with Crippen molar-refractivity contribution < 1.29 is 13.2 Å². The number of sulfonamides is 1. The van der Waals surface area contributed by atoms with Gasteiger partial charge in [0.05, 0.1) is 17.9 Å². The summed E-state index contributed by atoms with van der Waals surface area (Å²) >= 11 is 0. The van der Waals surface area contributed by atoms with Crippen LogP contribution in [-0.2, 0) is 21.2 Å². The summed E-state index contributed by atoms with van der Waals surface area (Å²) in [6.45, 7) is 1.00. The van der Waals surface area contributed by atoms with Crippen LogP contribution < -0.4 is 5.32 Å². The first-order chi connectivity index (χ1) is 10.6. The van der Waals surface area contributed by atoms with Gasteiger partial charge in [-0.2, -0.15) is 10.2 Å². The topological polar surface area (TPSA) is 92.3 Å². The van der Waals surface area contributed by atoms with Gasteiger partial charge in [0, 0.05) is 25.3 Å². The highest BCUT2D eigenvalue weighted by molar-refractivity contribution is 7.90. The van der Waals surface area contributed by atoms with E-state index in [2.05, 4.69) is 15.5 Å². The molecule has 0 aromatic carbocycles. The molecule has 22 heavy (non-hydrogen) atoms. The van der Waals surface area contributed by atoms with Gasteiger partial charge in [-0.15, -0.1) is 0 Å². The lowest BCUT2D eigenvalue weighted by Gasteiger charge is -2.31. The number of aromatic nitrogens is 2. The summed E-state index contributed by atoms with van der Waals surface area (Å²) < 4.78 is 25.9. The highest BCUT2D eigenvalue weighted by atomic mass is 32.2. The van der Waals surface area contributed by atoms with E-state index in [0.717, 1.165) is 18.4 Å². The molecule has 1 aromatic rings. The van der Waals surface area contributed by atoms with E-state index in [1.54, 1.807) is 22.8 Å². The number of amides is 1. The lowest BCUT2D eigenvalue weighted by molar-refractivity contribution is -0.121. The maximum absolute atomic E-state index is 12.1. The van der Waals surface area contributed by atoms with Crippen LogP contribution in [0.15, 0.2) is 18.5 Å². The highest BCUT2D eigenvalue weighted by Crippen LogP contribution is 2.32. The Balaban J connectivity index is 1.46. The average molecular weight is 324 g/mol. The Kier molecular flexibility index (Phi) is 4.39. The molecule has 120 valence electrons. The number of piperidine rings is 1. The summed E-state index contributed by atoms with van der Waals surface area (Å²) in [7, 11) is -3.08. The van der Waals surface area contributed by atoms with Crippen LogP contribution in [0.4, 0.5) is 0 Å². The molecule has 1 N–H and O–H groups in total. The Hall–Kier alpha value is -1.54. The van der Waals surface area contributed by atoms with Crippen molar-refractivity contribution in [2.24, 2.45) is 0 Å². The van der Waals surface area contributed by atoms with Crippen molar-refractivity contribution >= 4 is 15.9 Å². The molecule has 2 aliphatic rings. The Labute approximate surface area is 130 Å². The molecule has 1 saturated carbocycles. The van der Waals surface area contributed by atoms with Gasteiger partial charge in [0.15, 0.2) is 0 Å². The predicted molar refractivity (Wildman–Crippen MR) is 80.4 cm³/mol. The fourth-order valence-electron chi connectivity index (χ4n) is 2.72. The summed E-state index contributed by atoms with van der Waals surface area (Å²) in [6, 6.07) is 1.81. The van der Waals surface area contributed by atoms with Crippen molar-refractivity contribution in [3.05, 3.63) is 24.0 Å². The van der Waals surface area contributed by atoms with Crippen LogP contribution in [0.1, 0.15) is 31.2 Å². The Morgan fingerprint density at radius 3 is 2.55 bits per heavy atom. The smallest absolute Gasteiger partial charge is 0.224 e. The molecule has 0 spiro atoms. The minimum Gasteiger partial charge on any atom is -0.353 e. The molecular weight excluding hydrogens is 304 g/mol. The van der Waals surface area contributed by atoms with Crippen molar-refractivity contribution in [1.29, 1.82) is 0 Å². The Bertz CT molecular complexity index is 623. The lowest BCUT2D eigenvalue weighted by Crippen LogP contribution is -2.47. The lowest BCUT2D eigenvalue weighted by atomic mass is 10.1. The molecule has 1 aliphatic heterocycles. The van der Waals surface area contributed by atoms with E-state index >= 15 is 0 Å². The maximum atomic E-state index is 12.1. The third-order valence-corrected chi connectivity index (χ3v) is 6.53. The number of hydrogen-bond donors (Lipinski definition) is 1. The van der Waals surface area contributed by atoms with Gasteiger partial charge in [-0.05, 0) is 37.3 Å². The largest absolute Gasteiger partial charge is 0.353 e. The fourth-order valence-corrected chi connectivity index (χ4v) is 4.59. The molecule has 3 rings (SSSR count). The van der Waals surface area contributed by atoms with E-state index in [0.29, 0.717) is 25.9 Å². The minimum atomic E-state index is -3.08. The molecule has 0 bridgehead atoms. The number of rotatable bonds is 5. The van der Waals surface area contributed by atoms with Crippen molar-refractivity contribution in [3.63, 3.8) is 0 Å². The molecular formula is C14H20N4O3S. The van der Waals surface area contributed by atoms with Crippen LogP contribution in [0, 0.1) is 0 Å². The third kappa shape index (κ3) is 3.61. The van der Waals surface area contributed by atoms with E-state index in [1.807, 2.05) is 0 Å². The van der Waals surface area contributed by atoms with E-state index in [9.17, 15) is 13.2 Å². The molecule has 1 aliphatic carbocycles. The summed E-state index contributed by atoms with van der Waals surface area (Å²) in [4.78, 5) is 12.0. The average Bonchev–Trinajstić information content (AvgIpc) is 3.34. The molecule has 2 fully saturated rings. The zero-order valence-corrected chi connectivity index (χ0v) is 13.1. The minimum absolute atomic E-state index is 0.0490. The van der Waals surface area contributed by atoms with Crippen molar-refractivity contribution in [3.8, 4) is 0 Å². The highest BCUT2D eigenvalue weighted by Gasteiger charge is 2.41. The van der Waals surface area contributed by atoms with Crippen LogP contribution in [0.25, 0.3) is 0 Å². The van der Waals surface area contributed by atoms with E-state index < -0.39 is 10.0 Å². The third-order valence-electron chi connectivity index (χ3n) is 4.13. The van der Waals surface area contributed by atoms with Gasteiger partial charge < -0.3 is 5.32 Å². The SMILES string of the molecule is O=C(Cc1ccnnc1)NC1CCN(S(=O)(=O)C2CC2)CC1. The number of carbonyl (C=O) groups is 1. The van der Waals surface area contributed by atoms with Crippen LogP contribution in [0.5, 0.6) is 0 Å².